The van der Waals surface area contributed by atoms with Crippen molar-refractivity contribution in [3.63, 3.8) is 0 Å². The lowest BCUT2D eigenvalue weighted by Gasteiger charge is -2.22. The molecule has 152 valence electrons. The predicted molar refractivity (Wildman–Crippen MR) is 81.1 cm³/mol. The maximum Gasteiger partial charge on any atom is 0.151 e. The fraction of sp³-hybridized carbons (Fsp3) is 0.846. The minimum atomic E-state index is -1.79. The summed E-state index contributed by atoms with van der Waals surface area (Å²) in [4.78, 5) is 19.7. The number of carbonyl (C=O) groups is 2. The minimum absolute atomic E-state index is 0.0258. The molecule has 0 aliphatic heterocycles. The third-order valence-corrected chi connectivity index (χ3v) is 2.49. The molecule has 12 heteroatoms. The Labute approximate surface area is 143 Å². The summed E-state index contributed by atoms with van der Waals surface area (Å²) >= 11 is 0. The highest BCUT2D eigenvalue weighted by atomic mass is 16.4. The Bertz CT molecular complexity index is 315. The molecule has 25 heavy (non-hydrogen) atoms. The van der Waals surface area contributed by atoms with Gasteiger partial charge in [0.2, 0.25) is 0 Å². The maximum absolute atomic E-state index is 9.90. The van der Waals surface area contributed by atoms with E-state index in [1.54, 1.807) is 6.92 Å². The lowest BCUT2D eigenvalue weighted by molar-refractivity contribution is -0.136. The van der Waals surface area contributed by atoms with Crippen molar-refractivity contribution in [2.24, 2.45) is 0 Å². The Morgan fingerprint density at radius 2 is 0.920 bits per heavy atom. The van der Waals surface area contributed by atoms with E-state index in [0.717, 1.165) is 0 Å². The molecule has 0 aromatic carbocycles. The average Bonchev–Trinajstić information content (AvgIpc) is 2.64. The highest BCUT2D eigenvalue weighted by molar-refractivity contribution is 5.57. The van der Waals surface area contributed by atoms with Crippen LogP contribution in [0.4, 0.5) is 0 Å². The normalized spacial score (nSPS) is 18.7. The Morgan fingerprint density at radius 1 is 0.640 bits per heavy atom. The molecule has 7 atom stereocenters. The first-order valence-corrected chi connectivity index (χ1v) is 7.08. The molecular formula is C13H28O12. The highest BCUT2D eigenvalue weighted by Gasteiger charge is 2.29. The molecule has 0 spiro atoms. The molecular weight excluding hydrogens is 348 g/mol. The van der Waals surface area contributed by atoms with Gasteiger partial charge in [-0.25, -0.2) is 0 Å². The number of aldehydes is 2. The van der Waals surface area contributed by atoms with Gasteiger partial charge >= 0.3 is 0 Å². The summed E-state index contributed by atoms with van der Waals surface area (Å²) in [7, 11) is 0. The second-order valence-corrected chi connectivity index (χ2v) is 4.54. The Hall–Kier alpha value is -1.06. The Kier molecular flexibility index (Phi) is 20.4. The smallest absolute Gasteiger partial charge is 0.151 e. The monoisotopic (exact) mass is 376 g/mol. The van der Waals surface area contributed by atoms with Gasteiger partial charge in [-0.05, 0) is 6.92 Å². The zero-order chi connectivity index (χ0) is 20.6. The number of aliphatic hydroxyl groups is 10. The van der Waals surface area contributed by atoms with E-state index in [1.807, 2.05) is 0 Å². The zero-order valence-electron chi connectivity index (χ0n) is 13.6. The molecule has 10 N–H and O–H groups in total. The van der Waals surface area contributed by atoms with Crippen LogP contribution in [0, 0.1) is 0 Å². The van der Waals surface area contributed by atoms with Crippen LogP contribution >= 0.6 is 0 Å². The van der Waals surface area contributed by atoms with E-state index in [0.29, 0.717) is 0 Å². The summed E-state index contributed by atoms with van der Waals surface area (Å²) < 4.78 is 0. The zero-order valence-corrected chi connectivity index (χ0v) is 13.6. The number of hydrogen-bond donors (Lipinski definition) is 10. The average molecular weight is 376 g/mol. The predicted octanol–water partition coefficient (Wildman–Crippen LogP) is -6.12. The van der Waals surface area contributed by atoms with E-state index in [-0.39, 0.29) is 19.2 Å². The van der Waals surface area contributed by atoms with E-state index in [1.165, 1.54) is 0 Å². The van der Waals surface area contributed by atoms with Gasteiger partial charge in [-0.15, -0.1) is 0 Å². The van der Waals surface area contributed by atoms with Gasteiger partial charge in [0.05, 0.1) is 13.2 Å². The first-order valence-electron chi connectivity index (χ1n) is 7.08. The van der Waals surface area contributed by atoms with Crippen LogP contribution in [0.5, 0.6) is 0 Å². The molecule has 0 saturated carbocycles. The summed E-state index contributed by atoms with van der Waals surface area (Å²) in [5, 5.41) is 85.2. The standard InChI is InChI=1S/C6H12O6.C5H10O5.C2H6O/c7-1-3(9)5(11)6(12)4(10)2-8;6-1-3(8)5(10)4(9)2-7;1-2-3/h1,3-6,8-12H,2H2;1,3-5,7-10H,2H2;3H,2H2,1H3/t3-,4+,5+,6+;3-,4+,5+;/m00./s1. The summed E-state index contributed by atoms with van der Waals surface area (Å²) in [6.07, 6.45) is -11.5. The van der Waals surface area contributed by atoms with Gasteiger partial charge in [-0.3, -0.25) is 0 Å². The Balaban J connectivity index is -0.000000338. The van der Waals surface area contributed by atoms with Crippen LogP contribution in [0.15, 0.2) is 0 Å². The highest BCUT2D eigenvalue weighted by Crippen LogP contribution is 2.03. The fourth-order valence-corrected chi connectivity index (χ4v) is 1.03. The largest absolute Gasteiger partial charge is 0.397 e. The fourth-order valence-electron chi connectivity index (χ4n) is 1.03. The second-order valence-electron chi connectivity index (χ2n) is 4.54. The van der Waals surface area contributed by atoms with Crippen LogP contribution < -0.4 is 0 Å². The molecule has 0 radical (unpaired) electrons. The van der Waals surface area contributed by atoms with Crippen molar-refractivity contribution in [3.8, 4) is 0 Å². The SMILES string of the molecule is CCO.O=C[C@H](O)[C@@H](O)[C@H](O)CO.O=C[C@H](O)[C@@H](O)[C@H](O)[C@H](O)CO. The topological polar surface area (TPSA) is 236 Å². The molecule has 12 nitrogen and oxygen atoms in total. The van der Waals surface area contributed by atoms with Gasteiger partial charge < -0.3 is 60.7 Å². The second kappa shape index (κ2) is 17.8. The molecule has 0 rings (SSSR count). The van der Waals surface area contributed by atoms with E-state index >= 15 is 0 Å². The number of aliphatic hydroxyl groups excluding tert-OH is 10. The lowest BCUT2D eigenvalue weighted by Crippen LogP contribution is -2.46. The summed E-state index contributed by atoms with van der Waals surface area (Å²) in [6, 6.07) is 0. The van der Waals surface area contributed by atoms with Crippen LogP contribution in [-0.4, -0.2) is 126 Å². The third kappa shape index (κ3) is 13.9. The quantitative estimate of drug-likeness (QED) is 0.169. The molecule has 0 unspecified atom stereocenters. The molecule has 0 heterocycles. The van der Waals surface area contributed by atoms with Crippen molar-refractivity contribution in [3.05, 3.63) is 0 Å². The molecule has 0 bridgehead atoms. The number of rotatable bonds is 9. The minimum Gasteiger partial charge on any atom is -0.397 e. The molecule has 0 amide bonds. The summed E-state index contributed by atoms with van der Waals surface area (Å²) in [6.45, 7) is 0.482. The van der Waals surface area contributed by atoms with Crippen molar-refractivity contribution in [2.75, 3.05) is 19.8 Å². The number of hydrogen-bond acceptors (Lipinski definition) is 12. The lowest BCUT2D eigenvalue weighted by atomic mass is 10.0. The van der Waals surface area contributed by atoms with Gasteiger partial charge in [-0.2, -0.15) is 0 Å². The molecule has 0 saturated heterocycles. The van der Waals surface area contributed by atoms with Crippen LogP contribution in [0.2, 0.25) is 0 Å². The van der Waals surface area contributed by atoms with Crippen molar-refractivity contribution in [1.82, 2.24) is 0 Å². The van der Waals surface area contributed by atoms with Crippen molar-refractivity contribution in [1.29, 1.82) is 0 Å². The van der Waals surface area contributed by atoms with E-state index < -0.39 is 55.9 Å². The van der Waals surface area contributed by atoms with E-state index in [4.69, 9.17) is 51.1 Å². The third-order valence-electron chi connectivity index (χ3n) is 2.49. The van der Waals surface area contributed by atoms with Crippen molar-refractivity contribution < 1.29 is 60.7 Å². The molecule has 0 aliphatic carbocycles. The van der Waals surface area contributed by atoms with Gasteiger partial charge in [-0.1, -0.05) is 0 Å². The van der Waals surface area contributed by atoms with Crippen LogP contribution in [0.1, 0.15) is 6.92 Å². The van der Waals surface area contributed by atoms with Crippen molar-refractivity contribution >= 4 is 12.6 Å². The van der Waals surface area contributed by atoms with Gasteiger partial charge in [0.15, 0.2) is 12.6 Å². The molecule has 0 aromatic rings. The van der Waals surface area contributed by atoms with Gasteiger partial charge in [0, 0.05) is 6.61 Å². The Morgan fingerprint density at radius 3 is 1.20 bits per heavy atom. The van der Waals surface area contributed by atoms with Gasteiger partial charge in [0.1, 0.15) is 42.7 Å². The molecule has 0 fully saturated rings. The van der Waals surface area contributed by atoms with Crippen LogP contribution in [0.3, 0.4) is 0 Å². The first kappa shape index (κ1) is 28.7. The van der Waals surface area contributed by atoms with Crippen molar-refractivity contribution in [2.45, 2.75) is 49.7 Å². The summed E-state index contributed by atoms with van der Waals surface area (Å²) in [5.41, 5.74) is 0. The van der Waals surface area contributed by atoms with E-state index in [2.05, 4.69) is 0 Å². The maximum atomic E-state index is 9.90. The summed E-state index contributed by atoms with van der Waals surface area (Å²) in [5.74, 6) is 0. The molecule has 0 aliphatic rings. The van der Waals surface area contributed by atoms with Crippen LogP contribution in [0.25, 0.3) is 0 Å². The molecule has 0 aromatic heterocycles. The van der Waals surface area contributed by atoms with E-state index in [9.17, 15) is 9.59 Å². The first-order chi connectivity index (χ1) is 11.6. The van der Waals surface area contributed by atoms with Gasteiger partial charge in [0.25, 0.3) is 0 Å². The van der Waals surface area contributed by atoms with Crippen LogP contribution in [-0.2, 0) is 9.59 Å². The number of carbonyl (C=O) groups excluding carboxylic acids is 2.